The van der Waals surface area contributed by atoms with Crippen molar-refractivity contribution < 1.29 is 43.8 Å². The molecule has 234 valence electrons. The number of alkyl carbamates (subject to hydrolysis) is 1. The molecule has 0 unspecified atom stereocenters. The Balaban J connectivity index is 1.33. The predicted octanol–water partition coefficient (Wildman–Crippen LogP) is 2.01. The molecule has 3 aliphatic heterocycles. The molecule has 7 atom stereocenters. The molecule has 14 nitrogen and oxygen atoms in total. The van der Waals surface area contributed by atoms with Crippen LogP contribution in [0.3, 0.4) is 0 Å². The summed E-state index contributed by atoms with van der Waals surface area (Å²) in [4.78, 5) is 62.4. The molecule has 2 saturated heterocycles. The third kappa shape index (κ3) is 6.78. The summed E-state index contributed by atoms with van der Waals surface area (Å²) in [6.45, 7) is 7.29. The summed E-state index contributed by atoms with van der Waals surface area (Å²) >= 11 is 1.33. The third-order valence-corrected chi connectivity index (χ3v) is 9.62. The summed E-state index contributed by atoms with van der Waals surface area (Å²) < 4.78 is 11.1. The standard InChI is InChI=1S/C28H36N4O10S/c1-13(2)21(30-28(38)42-12-16-5-7-17(8-6-16)32(39)40)25(34)29-11-18-19(9-10-41-18)43-24-14(3)22-20(15(4)33)26(35)31(22)23(24)27(36)37/h5-8,13-15,18-22,33H,9-12H2,1-4H3,(H,29,34)(H,30,38)(H,36,37)/t14-,15-,18+,19-,20-,21+,22-/m1/s1. The highest BCUT2D eigenvalue weighted by Crippen LogP contribution is 2.52. The van der Waals surface area contributed by atoms with E-state index in [1.54, 1.807) is 13.8 Å². The minimum atomic E-state index is -1.20. The molecule has 0 saturated carbocycles. The lowest BCUT2D eigenvalue weighted by Crippen LogP contribution is -2.63. The van der Waals surface area contributed by atoms with Crippen LogP contribution in [0.4, 0.5) is 10.5 Å². The van der Waals surface area contributed by atoms with Gasteiger partial charge < -0.3 is 35.2 Å². The number of β-lactam (4-membered cyclic amide) rings is 1. The molecule has 3 heterocycles. The first kappa shape index (κ1) is 32.2. The topological polar surface area (TPSA) is 198 Å². The molecule has 0 aliphatic carbocycles. The van der Waals surface area contributed by atoms with Crippen molar-refractivity contribution in [3.05, 3.63) is 50.5 Å². The molecule has 1 aromatic carbocycles. The highest BCUT2D eigenvalue weighted by molar-refractivity contribution is 8.03. The van der Waals surface area contributed by atoms with Gasteiger partial charge in [-0.05, 0) is 37.0 Å². The van der Waals surface area contributed by atoms with Gasteiger partial charge in [0.05, 0.1) is 29.1 Å². The summed E-state index contributed by atoms with van der Waals surface area (Å²) in [6.07, 6.45) is -1.55. The summed E-state index contributed by atoms with van der Waals surface area (Å²) in [5, 5.41) is 36.0. The molecule has 4 N–H and O–H groups in total. The maximum Gasteiger partial charge on any atom is 0.408 e. The number of nitrogens with zero attached hydrogens (tertiary/aromatic N) is 2. The van der Waals surface area contributed by atoms with Gasteiger partial charge >= 0.3 is 12.1 Å². The van der Waals surface area contributed by atoms with Crippen LogP contribution in [0.25, 0.3) is 0 Å². The molecule has 3 aliphatic rings. The number of ether oxygens (including phenoxy) is 2. The normalized spacial score (nSPS) is 26.0. The second kappa shape index (κ2) is 13.3. The summed E-state index contributed by atoms with van der Waals surface area (Å²) in [5.41, 5.74) is 0.398. The van der Waals surface area contributed by atoms with E-state index in [0.29, 0.717) is 23.5 Å². The van der Waals surface area contributed by atoms with Crippen LogP contribution >= 0.6 is 11.8 Å². The molecule has 15 heteroatoms. The van der Waals surface area contributed by atoms with Crippen molar-refractivity contribution in [1.82, 2.24) is 15.5 Å². The lowest BCUT2D eigenvalue weighted by Gasteiger charge is -2.46. The van der Waals surface area contributed by atoms with Gasteiger partial charge in [0, 0.05) is 41.4 Å². The zero-order chi connectivity index (χ0) is 31.6. The SMILES string of the molecule is CC(C)[C@H](NC(=O)OCc1ccc([N+](=O)[O-])cc1)C(=O)NC[C@@H]1OCC[C@H]1SC1=C(C(=O)O)N2C(=O)[C@H]([C@@H](C)O)[C@H]2[C@H]1C. The zero-order valence-corrected chi connectivity index (χ0v) is 25.0. The molecular formula is C28H36N4O10S. The Morgan fingerprint density at radius 2 is 1.91 bits per heavy atom. The molecule has 2 fully saturated rings. The first-order valence-corrected chi connectivity index (χ1v) is 14.9. The number of hydrogen-bond donors (Lipinski definition) is 4. The first-order valence-electron chi connectivity index (χ1n) is 14.0. The van der Waals surface area contributed by atoms with E-state index in [2.05, 4.69) is 10.6 Å². The third-order valence-electron chi connectivity index (χ3n) is 7.96. The van der Waals surface area contributed by atoms with Crippen LogP contribution in [0.15, 0.2) is 34.9 Å². The van der Waals surface area contributed by atoms with Crippen molar-refractivity contribution in [2.45, 2.75) is 70.3 Å². The molecule has 0 aromatic heterocycles. The minimum absolute atomic E-state index is 0.0598. The molecule has 0 spiro atoms. The van der Waals surface area contributed by atoms with Crippen LogP contribution in [0.1, 0.15) is 39.7 Å². The van der Waals surface area contributed by atoms with E-state index >= 15 is 0 Å². The fourth-order valence-electron chi connectivity index (χ4n) is 5.67. The smallest absolute Gasteiger partial charge is 0.408 e. The molecular weight excluding hydrogens is 584 g/mol. The Morgan fingerprint density at radius 3 is 2.49 bits per heavy atom. The largest absolute Gasteiger partial charge is 0.477 e. The van der Waals surface area contributed by atoms with Crippen LogP contribution < -0.4 is 10.6 Å². The number of carboxylic acid groups (broad SMARTS) is 1. The number of nitro benzene ring substituents is 1. The van der Waals surface area contributed by atoms with Gasteiger partial charge in [-0.15, -0.1) is 11.8 Å². The Morgan fingerprint density at radius 1 is 1.23 bits per heavy atom. The van der Waals surface area contributed by atoms with Crippen molar-refractivity contribution in [2.24, 2.45) is 17.8 Å². The summed E-state index contributed by atoms with van der Waals surface area (Å²) in [5.74, 6) is -3.27. The maximum atomic E-state index is 13.1. The second-order valence-corrected chi connectivity index (χ2v) is 12.5. The number of non-ortho nitro benzene ring substituents is 1. The van der Waals surface area contributed by atoms with Gasteiger partial charge in [-0.25, -0.2) is 9.59 Å². The molecule has 3 amide bonds. The van der Waals surface area contributed by atoms with Gasteiger partial charge in [-0.2, -0.15) is 0 Å². The van der Waals surface area contributed by atoms with Crippen molar-refractivity contribution in [2.75, 3.05) is 13.2 Å². The number of hydrogen-bond acceptors (Lipinski definition) is 10. The number of benzene rings is 1. The van der Waals surface area contributed by atoms with E-state index in [9.17, 15) is 39.5 Å². The van der Waals surface area contributed by atoms with Gasteiger partial charge in [-0.3, -0.25) is 19.7 Å². The average molecular weight is 621 g/mol. The van der Waals surface area contributed by atoms with E-state index in [1.165, 1.54) is 47.9 Å². The Kier molecular flexibility index (Phi) is 9.97. The number of fused-ring (bicyclic) bond motifs is 1. The van der Waals surface area contributed by atoms with E-state index in [-0.39, 0.29) is 41.6 Å². The number of nitrogens with one attached hydrogen (secondary N) is 2. The predicted molar refractivity (Wildman–Crippen MR) is 153 cm³/mol. The van der Waals surface area contributed by atoms with Crippen LogP contribution in [-0.2, 0) is 30.5 Å². The Hall–Kier alpha value is -3.69. The van der Waals surface area contributed by atoms with Crippen molar-refractivity contribution in [1.29, 1.82) is 0 Å². The quantitative estimate of drug-likeness (QED) is 0.151. The number of aliphatic carboxylic acids is 1. The Labute approximate surface area is 252 Å². The summed E-state index contributed by atoms with van der Waals surface area (Å²) in [7, 11) is 0. The number of thioether (sulfide) groups is 1. The molecule has 43 heavy (non-hydrogen) atoms. The van der Waals surface area contributed by atoms with E-state index < -0.39 is 59.0 Å². The average Bonchev–Trinajstić information content (AvgIpc) is 3.49. The molecule has 0 radical (unpaired) electrons. The van der Waals surface area contributed by atoms with Gasteiger partial charge in [0.25, 0.3) is 5.69 Å². The maximum absolute atomic E-state index is 13.1. The van der Waals surface area contributed by atoms with Crippen LogP contribution in [-0.4, -0.2) is 86.6 Å². The fraction of sp³-hybridized carbons (Fsp3) is 0.571. The number of carbonyl (C=O) groups is 4. The number of rotatable bonds is 12. The van der Waals surface area contributed by atoms with Gasteiger partial charge in [0.2, 0.25) is 11.8 Å². The number of nitro groups is 1. The van der Waals surface area contributed by atoms with Crippen molar-refractivity contribution in [3.63, 3.8) is 0 Å². The molecule has 1 aromatic rings. The number of carbonyl (C=O) groups excluding carboxylic acids is 3. The van der Waals surface area contributed by atoms with Gasteiger partial charge in [0.1, 0.15) is 18.3 Å². The molecule has 0 bridgehead atoms. The van der Waals surface area contributed by atoms with Crippen LogP contribution in [0, 0.1) is 27.9 Å². The van der Waals surface area contributed by atoms with Gasteiger partial charge in [-0.1, -0.05) is 20.8 Å². The van der Waals surface area contributed by atoms with E-state index in [1.807, 2.05) is 6.92 Å². The lowest BCUT2D eigenvalue weighted by atomic mass is 9.79. The lowest BCUT2D eigenvalue weighted by molar-refractivity contribution is -0.384. The van der Waals surface area contributed by atoms with Crippen molar-refractivity contribution in [3.8, 4) is 0 Å². The zero-order valence-electron chi connectivity index (χ0n) is 24.2. The highest BCUT2D eigenvalue weighted by atomic mass is 32.2. The number of amides is 3. The Bertz CT molecular complexity index is 1300. The first-order chi connectivity index (χ1) is 20.3. The highest BCUT2D eigenvalue weighted by Gasteiger charge is 2.60. The minimum Gasteiger partial charge on any atom is -0.477 e. The van der Waals surface area contributed by atoms with E-state index in [0.717, 1.165) is 0 Å². The molecule has 4 rings (SSSR count). The summed E-state index contributed by atoms with van der Waals surface area (Å²) in [6, 6.07) is 4.22. The van der Waals surface area contributed by atoms with E-state index in [4.69, 9.17) is 9.47 Å². The fourth-order valence-corrected chi connectivity index (χ4v) is 7.19. The second-order valence-electron chi connectivity index (χ2n) is 11.2. The van der Waals surface area contributed by atoms with Crippen molar-refractivity contribution >= 4 is 41.3 Å². The number of aliphatic hydroxyl groups is 1. The number of carboxylic acids is 1. The number of aliphatic hydroxyl groups excluding tert-OH is 1. The van der Waals surface area contributed by atoms with Crippen LogP contribution in [0.5, 0.6) is 0 Å². The monoisotopic (exact) mass is 620 g/mol. The van der Waals surface area contributed by atoms with Crippen LogP contribution in [0.2, 0.25) is 0 Å². The van der Waals surface area contributed by atoms with Gasteiger partial charge in [0.15, 0.2) is 0 Å².